The van der Waals surface area contributed by atoms with E-state index >= 15 is 0 Å². The summed E-state index contributed by atoms with van der Waals surface area (Å²) in [6.07, 6.45) is 0. The van der Waals surface area contributed by atoms with Crippen molar-refractivity contribution in [2.24, 2.45) is 0 Å². The maximum Gasteiger partial charge on any atom is 0.357 e. The number of carbonyl (C=O) groups excluding carboxylic acids is 2. The SMILES string of the molecule is CCOc1cc(-c2nn(-c3ccccc3)c(C(=O)OC)c2C(=O)OC)ccc1O. The maximum absolute atomic E-state index is 12.6. The fraction of sp³-hybridized carbons (Fsp3) is 0.190. The third-order valence-electron chi connectivity index (χ3n) is 4.19. The fourth-order valence-electron chi connectivity index (χ4n) is 2.89. The van der Waals surface area contributed by atoms with Crippen molar-refractivity contribution in [1.29, 1.82) is 0 Å². The van der Waals surface area contributed by atoms with Gasteiger partial charge in [0.15, 0.2) is 17.2 Å². The number of aromatic hydroxyl groups is 1. The molecule has 1 heterocycles. The van der Waals surface area contributed by atoms with Gasteiger partial charge < -0.3 is 19.3 Å². The number of ether oxygens (including phenoxy) is 3. The van der Waals surface area contributed by atoms with Crippen molar-refractivity contribution in [2.45, 2.75) is 6.92 Å². The van der Waals surface area contributed by atoms with E-state index in [0.29, 0.717) is 17.9 Å². The first-order valence-electron chi connectivity index (χ1n) is 8.83. The monoisotopic (exact) mass is 396 g/mol. The Morgan fingerprint density at radius 3 is 2.34 bits per heavy atom. The van der Waals surface area contributed by atoms with Crippen LogP contribution in [-0.4, -0.2) is 47.7 Å². The van der Waals surface area contributed by atoms with Crippen molar-refractivity contribution in [1.82, 2.24) is 9.78 Å². The van der Waals surface area contributed by atoms with Crippen LogP contribution in [0.3, 0.4) is 0 Å². The van der Waals surface area contributed by atoms with Crippen molar-refractivity contribution in [2.75, 3.05) is 20.8 Å². The highest BCUT2D eigenvalue weighted by molar-refractivity contribution is 6.06. The van der Waals surface area contributed by atoms with Gasteiger partial charge in [0.2, 0.25) is 0 Å². The number of benzene rings is 2. The van der Waals surface area contributed by atoms with Crippen LogP contribution in [0, 0.1) is 0 Å². The lowest BCUT2D eigenvalue weighted by Gasteiger charge is -2.08. The van der Waals surface area contributed by atoms with Gasteiger partial charge in [-0.3, -0.25) is 0 Å². The fourth-order valence-corrected chi connectivity index (χ4v) is 2.89. The predicted octanol–water partition coefficient (Wildman–Crippen LogP) is 3.22. The number of hydrogen-bond donors (Lipinski definition) is 1. The Bertz CT molecular complexity index is 1040. The normalized spacial score (nSPS) is 10.4. The minimum atomic E-state index is -0.742. The second-order valence-corrected chi connectivity index (χ2v) is 5.92. The molecule has 1 N–H and O–H groups in total. The van der Waals surface area contributed by atoms with Crippen molar-refractivity contribution in [3.8, 4) is 28.4 Å². The van der Waals surface area contributed by atoms with E-state index in [-0.39, 0.29) is 28.5 Å². The Morgan fingerprint density at radius 2 is 1.72 bits per heavy atom. The van der Waals surface area contributed by atoms with Crippen LogP contribution in [0.25, 0.3) is 16.9 Å². The molecule has 0 radical (unpaired) electrons. The van der Waals surface area contributed by atoms with Crippen molar-refractivity contribution >= 4 is 11.9 Å². The Kier molecular flexibility index (Phi) is 5.82. The highest BCUT2D eigenvalue weighted by atomic mass is 16.5. The Balaban J connectivity index is 2.32. The molecule has 8 heteroatoms. The van der Waals surface area contributed by atoms with E-state index in [9.17, 15) is 14.7 Å². The van der Waals surface area contributed by atoms with Gasteiger partial charge in [0.25, 0.3) is 0 Å². The molecule has 0 atom stereocenters. The van der Waals surface area contributed by atoms with Gasteiger partial charge in [0, 0.05) is 5.56 Å². The number of carbonyl (C=O) groups is 2. The third-order valence-corrected chi connectivity index (χ3v) is 4.19. The van der Waals surface area contributed by atoms with Crippen LogP contribution in [0.4, 0.5) is 0 Å². The number of aromatic nitrogens is 2. The highest BCUT2D eigenvalue weighted by Gasteiger charge is 2.31. The topological polar surface area (TPSA) is 99.9 Å². The number of methoxy groups -OCH3 is 2. The predicted molar refractivity (Wildman–Crippen MR) is 105 cm³/mol. The largest absolute Gasteiger partial charge is 0.504 e. The summed E-state index contributed by atoms with van der Waals surface area (Å²) < 4.78 is 16.6. The molecule has 0 unspecified atom stereocenters. The average molecular weight is 396 g/mol. The minimum absolute atomic E-state index is 0.0451. The molecule has 0 aliphatic rings. The van der Waals surface area contributed by atoms with E-state index in [2.05, 4.69) is 5.10 Å². The number of hydrogen-bond acceptors (Lipinski definition) is 7. The van der Waals surface area contributed by atoms with Gasteiger partial charge in [-0.15, -0.1) is 0 Å². The highest BCUT2D eigenvalue weighted by Crippen LogP contribution is 2.35. The molecule has 8 nitrogen and oxygen atoms in total. The molecule has 1 aromatic heterocycles. The number of phenols is 1. The van der Waals surface area contributed by atoms with Gasteiger partial charge in [-0.25, -0.2) is 14.3 Å². The summed E-state index contributed by atoms with van der Waals surface area (Å²) in [6, 6.07) is 13.4. The van der Waals surface area contributed by atoms with Gasteiger partial charge >= 0.3 is 11.9 Å². The molecule has 0 aliphatic heterocycles. The van der Waals surface area contributed by atoms with Crippen LogP contribution >= 0.6 is 0 Å². The number of nitrogens with zero attached hydrogens (tertiary/aromatic N) is 2. The van der Waals surface area contributed by atoms with Crippen LogP contribution in [0.5, 0.6) is 11.5 Å². The second kappa shape index (κ2) is 8.47. The van der Waals surface area contributed by atoms with E-state index in [1.54, 1.807) is 43.3 Å². The number of rotatable bonds is 6. The summed E-state index contributed by atoms with van der Waals surface area (Å²) in [6.45, 7) is 2.12. The molecule has 150 valence electrons. The van der Waals surface area contributed by atoms with E-state index in [0.717, 1.165) is 0 Å². The Morgan fingerprint density at radius 1 is 1.03 bits per heavy atom. The molecule has 0 saturated heterocycles. The van der Waals surface area contributed by atoms with E-state index < -0.39 is 11.9 Å². The zero-order valence-corrected chi connectivity index (χ0v) is 16.2. The summed E-state index contributed by atoms with van der Waals surface area (Å²) in [4.78, 5) is 25.2. The van der Waals surface area contributed by atoms with Gasteiger partial charge in [-0.1, -0.05) is 18.2 Å². The maximum atomic E-state index is 12.6. The molecule has 0 spiro atoms. The van der Waals surface area contributed by atoms with Gasteiger partial charge in [0.05, 0.1) is 26.5 Å². The van der Waals surface area contributed by atoms with Gasteiger partial charge in [0.1, 0.15) is 11.3 Å². The van der Waals surface area contributed by atoms with E-state index in [1.807, 2.05) is 6.07 Å². The average Bonchev–Trinajstić information content (AvgIpc) is 3.15. The van der Waals surface area contributed by atoms with E-state index in [1.165, 1.54) is 25.0 Å². The molecular formula is C21H20N2O6. The molecule has 3 aromatic rings. The second-order valence-electron chi connectivity index (χ2n) is 5.92. The van der Waals surface area contributed by atoms with Crippen molar-refractivity contribution < 1.29 is 28.9 Å². The first kappa shape index (κ1) is 19.9. The van der Waals surface area contributed by atoms with Crippen LogP contribution in [0.1, 0.15) is 27.8 Å². The van der Waals surface area contributed by atoms with Gasteiger partial charge in [-0.2, -0.15) is 5.10 Å². The molecule has 0 aliphatic carbocycles. The summed E-state index contributed by atoms with van der Waals surface area (Å²) in [5.74, 6) is -1.30. The van der Waals surface area contributed by atoms with Crippen LogP contribution < -0.4 is 4.74 Å². The van der Waals surface area contributed by atoms with Crippen molar-refractivity contribution in [3.05, 3.63) is 59.8 Å². The quantitative estimate of drug-likeness (QED) is 0.639. The molecule has 0 saturated carbocycles. The van der Waals surface area contributed by atoms with Crippen LogP contribution in [0.2, 0.25) is 0 Å². The first-order chi connectivity index (χ1) is 14.0. The number of esters is 2. The molecule has 2 aromatic carbocycles. The molecule has 3 rings (SSSR count). The Hall–Kier alpha value is -3.81. The van der Waals surface area contributed by atoms with Gasteiger partial charge in [-0.05, 0) is 37.3 Å². The third kappa shape index (κ3) is 3.77. The lowest BCUT2D eigenvalue weighted by atomic mass is 10.0. The molecule has 0 fully saturated rings. The minimum Gasteiger partial charge on any atom is -0.504 e. The first-order valence-corrected chi connectivity index (χ1v) is 8.83. The number of phenolic OH excluding ortho intramolecular Hbond substituents is 1. The van der Waals surface area contributed by atoms with Crippen molar-refractivity contribution in [3.63, 3.8) is 0 Å². The molecule has 29 heavy (non-hydrogen) atoms. The standard InChI is InChI=1S/C21H20N2O6/c1-4-29-16-12-13(10-11-15(16)24)18-17(20(25)27-2)19(21(26)28-3)23(22-18)14-8-6-5-7-9-14/h5-12,24H,4H2,1-3H3. The smallest absolute Gasteiger partial charge is 0.357 e. The van der Waals surface area contributed by atoms with Crippen LogP contribution in [-0.2, 0) is 9.47 Å². The lowest BCUT2D eigenvalue weighted by molar-refractivity contribution is 0.0549. The zero-order valence-electron chi connectivity index (χ0n) is 16.2. The molecule has 0 amide bonds. The summed E-state index contributed by atoms with van der Waals surface area (Å²) >= 11 is 0. The summed E-state index contributed by atoms with van der Waals surface area (Å²) in [7, 11) is 2.44. The van der Waals surface area contributed by atoms with E-state index in [4.69, 9.17) is 14.2 Å². The lowest BCUT2D eigenvalue weighted by Crippen LogP contribution is -2.15. The van der Waals surface area contributed by atoms with Crippen LogP contribution in [0.15, 0.2) is 48.5 Å². The molecule has 0 bridgehead atoms. The Labute approximate surface area is 167 Å². The summed E-state index contributed by atoms with van der Waals surface area (Å²) in [5, 5.41) is 14.5. The molecular weight excluding hydrogens is 376 g/mol. The number of para-hydroxylation sites is 1. The zero-order chi connectivity index (χ0) is 21.0. The summed E-state index contributed by atoms with van der Waals surface area (Å²) in [5.41, 5.74) is 1.12.